The third-order valence-corrected chi connectivity index (χ3v) is 5.30. The van der Waals surface area contributed by atoms with Gasteiger partial charge >= 0.3 is 12.0 Å². The Bertz CT molecular complexity index is 747. The van der Waals surface area contributed by atoms with E-state index in [4.69, 9.17) is 5.11 Å². The number of hydrogen-bond acceptors (Lipinski definition) is 6. The Labute approximate surface area is 147 Å². The topological polar surface area (TPSA) is 95.4 Å². The molecule has 0 bridgehead atoms. The lowest BCUT2D eigenvalue weighted by Gasteiger charge is -2.14. The van der Waals surface area contributed by atoms with Crippen molar-refractivity contribution in [2.45, 2.75) is 23.4 Å². The summed E-state index contributed by atoms with van der Waals surface area (Å²) in [5.74, 6) is -1.35. The number of amides is 2. The minimum atomic E-state index is -0.863. The number of aromatic nitrogens is 2. The van der Waals surface area contributed by atoms with Crippen molar-refractivity contribution in [2.24, 2.45) is 5.92 Å². The molecule has 126 valence electrons. The maximum absolute atomic E-state index is 12.1. The molecule has 3 rings (SSSR count). The molecule has 0 radical (unpaired) electrons. The van der Waals surface area contributed by atoms with E-state index in [0.29, 0.717) is 23.3 Å². The van der Waals surface area contributed by atoms with E-state index in [1.807, 2.05) is 31.2 Å². The average molecular weight is 364 g/mol. The molecule has 1 saturated heterocycles. The van der Waals surface area contributed by atoms with Crippen molar-refractivity contribution in [1.29, 1.82) is 0 Å². The molecule has 24 heavy (non-hydrogen) atoms. The summed E-state index contributed by atoms with van der Waals surface area (Å²) in [6, 6.07) is 7.69. The second-order valence-corrected chi connectivity index (χ2v) is 7.29. The molecule has 1 aliphatic heterocycles. The van der Waals surface area contributed by atoms with E-state index >= 15 is 0 Å². The van der Waals surface area contributed by atoms with E-state index in [2.05, 4.69) is 14.7 Å². The number of carbonyl (C=O) groups excluding carboxylic acids is 1. The number of carboxylic acid groups (broad SMARTS) is 1. The van der Waals surface area contributed by atoms with Crippen molar-refractivity contribution in [3.63, 3.8) is 0 Å². The van der Waals surface area contributed by atoms with Crippen molar-refractivity contribution in [1.82, 2.24) is 14.3 Å². The van der Waals surface area contributed by atoms with Crippen LogP contribution in [0.25, 0.3) is 0 Å². The fraction of sp³-hybridized carbons (Fsp3) is 0.333. The molecule has 9 heteroatoms. The standard InChI is InChI=1S/C15H16N4O3S2/c1-9-2-4-11(5-3-9)23-14-16-13(24-18-14)17-15(22)19-7-6-10(8-19)12(20)21/h2-5,10H,6-8H2,1H3,(H,20,21)(H,16,17,18,22). The zero-order valence-corrected chi connectivity index (χ0v) is 14.6. The van der Waals surface area contributed by atoms with Crippen LogP contribution in [0.4, 0.5) is 9.93 Å². The van der Waals surface area contributed by atoms with Crippen LogP contribution in [0.1, 0.15) is 12.0 Å². The highest BCUT2D eigenvalue weighted by atomic mass is 32.2. The van der Waals surface area contributed by atoms with Crippen molar-refractivity contribution >= 4 is 40.4 Å². The highest BCUT2D eigenvalue weighted by molar-refractivity contribution is 7.99. The van der Waals surface area contributed by atoms with Gasteiger partial charge < -0.3 is 10.0 Å². The summed E-state index contributed by atoms with van der Waals surface area (Å²) >= 11 is 2.54. The Morgan fingerprint density at radius 3 is 2.79 bits per heavy atom. The van der Waals surface area contributed by atoms with E-state index < -0.39 is 11.9 Å². The number of urea groups is 1. The number of anilines is 1. The number of carboxylic acids is 1. The fourth-order valence-corrected chi connectivity index (χ4v) is 3.73. The monoisotopic (exact) mass is 364 g/mol. The van der Waals surface area contributed by atoms with Crippen molar-refractivity contribution < 1.29 is 14.7 Å². The first-order chi connectivity index (χ1) is 11.5. The van der Waals surface area contributed by atoms with Crippen molar-refractivity contribution in [3.8, 4) is 0 Å². The molecule has 1 fully saturated rings. The largest absolute Gasteiger partial charge is 0.481 e. The van der Waals surface area contributed by atoms with E-state index in [-0.39, 0.29) is 12.6 Å². The van der Waals surface area contributed by atoms with E-state index in [9.17, 15) is 9.59 Å². The quantitative estimate of drug-likeness (QED) is 0.866. The van der Waals surface area contributed by atoms with Gasteiger partial charge in [0.2, 0.25) is 10.3 Å². The number of aryl methyl sites for hydroxylation is 1. The maximum atomic E-state index is 12.1. The molecule has 0 saturated carbocycles. The summed E-state index contributed by atoms with van der Waals surface area (Å²) in [4.78, 5) is 29.9. The molecule has 2 aromatic rings. The van der Waals surface area contributed by atoms with Crippen LogP contribution in [0.3, 0.4) is 0 Å². The minimum Gasteiger partial charge on any atom is -0.481 e. The first kappa shape index (κ1) is 16.7. The number of hydrogen-bond donors (Lipinski definition) is 2. The van der Waals surface area contributed by atoms with Crippen molar-refractivity contribution in [3.05, 3.63) is 29.8 Å². The molecule has 2 amide bonds. The molecule has 1 atom stereocenters. The Balaban J connectivity index is 1.57. The lowest BCUT2D eigenvalue weighted by atomic mass is 10.1. The van der Waals surface area contributed by atoms with E-state index in [1.54, 1.807) is 0 Å². The lowest BCUT2D eigenvalue weighted by molar-refractivity contribution is -0.141. The predicted molar refractivity (Wildman–Crippen MR) is 91.5 cm³/mol. The van der Waals surface area contributed by atoms with Gasteiger partial charge in [0.15, 0.2) is 0 Å². The highest BCUT2D eigenvalue weighted by Crippen LogP contribution is 2.28. The van der Waals surface area contributed by atoms with Gasteiger partial charge in [-0.2, -0.15) is 9.36 Å². The molecule has 0 spiro atoms. The van der Waals surface area contributed by atoms with Crippen molar-refractivity contribution in [2.75, 3.05) is 18.4 Å². The first-order valence-corrected chi connectivity index (χ1v) is 8.97. The third kappa shape index (κ3) is 4.04. The van der Waals surface area contributed by atoms with E-state index in [0.717, 1.165) is 16.4 Å². The summed E-state index contributed by atoms with van der Waals surface area (Å²) < 4.78 is 4.22. The second kappa shape index (κ2) is 7.18. The van der Waals surface area contributed by atoms with Crippen LogP contribution >= 0.6 is 23.3 Å². The summed E-state index contributed by atoms with van der Waals surface area (Å²) in [5.41, 5.74) is 1.18. The van der Waals surface area contributed by atoms with Crippen LogP contribution in [0, 0.1) is 12.8 Å². The van der Waals surface area contributed by atoms with Crippen LogP contribution in [-0.4, -0.2) is 44.5 Å². The Morgan fingerprint density at radius 2 is 2.12 bits per heavy atom. The third-order valence-electron chi connectivity index (χ3n) is 3.68. The summed E-state index contributed by atoms with van der Waals surface area (Å²) in [6.07, 6.45) is 0.480. The SMILES string of the molecule is Cc1ccc(Sc2nsc(NC(=O)N3CCC(C(=O)O)C3)n2)cc1. The molecule has 1 aliphatic rings. The molecule has 1 aromatic heterocycles. The van der Waals surface area contributed by atoms with Crippen LogP contribution in [0.15, 0.2) is 34.3 Å². The van der Waals surface area contributed by atoms with Gasteiger partial charge in [0.25, 0.3) is 0 Å². The first-order valence-electron chi connectivity index (χ1n) is 7.38. The lowest BCUT2D eigenvalue weighted by Crippen LogP contribution is -2.33. The fourth-order valence-electron chi connectivity index (χ4n) is 2.33. The zero-order valence-electron chi connectivity index (χ0n) is 12.9. The van der Waals surface area contributed by atoms with Gasteiger partial charge in [0, 0.05) is 29.5 Å². The zero-order chi connectivity index (χ0) is 17.1. The molecular formula is C15H16N4O3S2. The summed E-state index contributed by atoms with van der Waals surface area (Å²) in [7, 11) is 0. The Hall–Kier alpha value is -2.13. The van der Waals surface area contributed by atoms with Gasteiger partial charge in [0.1, 0.15) is 0 Å². The molecule has 1 aromatic carbocycles. The number of nitrogens with one attached hydrogen (secondary N) is 1. The molecule has 7 nitrogen and oxygen atoms in total. The number of rotatable bonds is 4. The van der Waals surface area contributed by atoms with E-state index in [1.165, 1.54) is 22.2 Å². The van der Waals surface area contributed by atoms with Gasteiger partial charge in [-0.25, -0.2) is 4.79 Å². The molecule has 1 unspecified atom stereocenters. The van der Waals surface area contributed by atoms with Crippen LogP contribution in [0.5, 0.6) is 0 Å². The Morgan fingerprint density at radius 1 is 1.38 bits per heavy atom. The molecule has 2 N–H and O–H groups in total. The number of aliphatic carboxylic acids is 1. The predicted octanol–water partition coefficient (Wildman–Crippen LogP) is 2.94. The summed E-state index contributed by atoms with van der Waals surface area (Å²) in [6.45, 7) is 2.69. The van der Waals surface area contributed by atoms with Crippen LogP contribution in [0.2, 0.25) is 0 Å². The number of carbonyl (C=O) groups is 2. The van der Waals surface area contributed by atoms with Gasteiger partial charge in [-0.3, -0.25) is 10.1 Å². The molecular weight excluding hydrogens is 348 g/mol. The minimum absolute atomic E-state index is 0.227. The highest BCUT2D eigenvalue weighted by Gasteiger charge is 2.31. The number of nitrogens with zero attached hydrogens (tertiary/aromatic N) is 3. The normalized spacial score (nSPS) is 17.0. The maximum Gasteiger partial charge on any atom is 0.323 e. The van der Waals surface area contributed by atoms with Crippen LogP contribution < -0.4 is 5.32 Å². The number of benzene rings is 1. The van der Waals surface area contributed by atoms with Crippen LogP contribution in [-0.2, 0) is 4.79 Å². The molecule has 2 heterocycles. The van der Waals surface area contributed by atoms with Gasteiger partial charge in [0.05, 0.1) is 5.92 Å². The number of likely N-dealkylation sites (tertiary alicyclic amines) is 1. The van der Waals surface area contributed by atoms with Gasteiger partial charge in [-0.1, -0.05) is 17.7 Å². The second-order valence-electron chi connectivity index (χ2n) is 5.50. The summed E-state index contributed by atoms with van der Waals surface area (Å²) in [5, 5.41) is 12.6. The Kier molecular flexibility index (Phi) is 5.00. The van der Waals surface area contributed by atoms with Gasteiger partial charge in [-0.15, -0.1) is 0 Å². The smallest absolute Gasteiger partial charge is 0.323 e. The molecule has 0 aliphatic carbocycles. The average Bonchev–Trinajstić information content (AvgIpc) is 3.19. The van der Waals surface area contributed by atoms with Gasteiger partial charge in [-0.05, 0) is 37.2 Å².